The molecule has 0 amide bonds. The van der Waals surface area contributed by atoms with Gasteiger partial charge in [-0.05, 0) is 24.1 Å². The predicted molar refractivity (Wildman–Crippen MR) is 63.5 cm³/mol. The van der Waals surface area contributed by atoms with Gasteiger partial charge in [-0.15, -0.1) is 10.2 Å². The number of hydrogen-bond donors (Lipinski definition) is 0. The Morgan fingerprint density at radius 1 is 1.25 bits per heavy atom. The number of nitrogens with zero attached hydrogens (tertiary/aromatic N) is 4. The fraction of sp³-hybridized carbons (Fsp3) is 0.182. The first-order valence-corrected chi connectivity index (χ1v) is 5.33. The highest BCUT2D eigenvalue weighted by Crippen LogP contribution is 2.18. The van der Waals surface area contributed by atoms with E-state index >= 15 is 0 Å². The van der Waals surface area contributed by atoms with E-state index in [9.17, 15) is 0 Å². The first kappa shape index (κ1) is 10.8. The van der Waals surface area contributed by atoms with Crippen molar-refractivity contribution >= 4 is 23.4 Å². The molecule has 1 aromatic heterocycles. The molecule has 0 aliphatic rings. The lowest BCUT2D eigenvalue weighted by molar-refractivity contribution is 1.08. The molecule has 0 saturated carbocycles. The summed E-state index contributed by atoms with van der Waals surface area (Å²) < 4.78 is 1.30. The molecule has 2 aromatic rings. The third-order valence-corrected chi connectivity index (χ3v) is 2.44. The van der Waals surface area contributed by atoms with Gasteiger partial charge in [-0.1, -0.05) is 19.1 Å². The summed E-state index contributed by atoms with van der Waals surface area (Å²) in [7, 11) is 0. The zero-order valence-corrected chi connectivity index (χ0v) is 9.59. The molecule has 5 heteroatoms. The average Bonchev–Trinajstić information content (AvgIpc) is 2.73. The summed E-state index contributed by atoms with van der Waals surface area (Å²) >= 11 is 5.75. The van der Waals surface area contributed by atoms with Crippen molar-refractivity contribution in [1.82, 2.24) is 9.07 Å². The van der Waals surface area contributed by atoms with Crippen LogP contribution in [0.4, 0.5) is 11.6 Å². The number of rotatable bonds is 3. The molecular formula is C11H11ClN4. The van der Waals surface area contributed by atoms with Gasteiger partial charge >= 0.3 is 0 Å². The van der Waals surface area contributed by atoms with E-state index < -0.39 is 0 Å². The zero-order valence-electron chi connectivity index (χ0n) is 8.84. The monoisotopic (exact) mass is 234 g/mol. The Kier molecular flexibility index (Phi) is 3.31. The highest BCUT2D eigenvalue weighted by Gasteiger charge is 1.97. The first-order valence-electron chi connectivity index (χ1n) is 5.00. The number of aryl methyl sites for hydroxylation is 1. The van der Waals surface area contributed by atoms with Crippen LogP contribution in [-0.4, -0.2) is 9.07 Å². The van der Waals surface area contributed by atoms with Gasteiger partial charge in [-0.3, -0.25) is 0 Å². The van der Waals surface area contributed by atoms with Gasteiger partial charge < -0.3 is 0 Å². The molecular weight excluding hydrogens is 224 g/mol. The standard InChI is InChI=1S/C11H11ClN4/c1-2-9-3-5-10(6-4-9)14-15-11-13-7-8-16(11)12/h3-8H,2H2,1H3. The van der Waals surface area contributed by atoms with Gasteiger partial charge in [0, 0.05) is 24.2 Å². The van der Waals surface area contributed by atoms with Crippen molar-refractivity contribution in [1.29, 1.82) is 0 Å². The molecule has 1 aromatic carbocycles. The normalized spacial score (nSPS) is 11.1. The topological polar surface area (TPSA) is 42.5 Å². The van der Waals surface area contributed by atoms with Gasteiger partial charge in [0.2, 0.25) is 0 Å². The highest BCUT2D eigenvalue weighted by molar-refractivity contribution is 6.16. The Bertz CT molecular complexity index is 487. The van der Waals surface area contributed by atoms with Gasteiger partial charge in [-0.25, -0.2) is 9.07 Å². The Labute approximate surface area is 98.7 Å². The molecule has 0 bridgehead atoms. The molecule has 82 valence electrons. The summed E-state index contributed by atoms with van der Waals surface area (Å²) in [6.07, 6.45) is 4.20. The van der Waals surface area contributed by atoms with E-state index in [1.165, 1.54) is 9.65 Å². The van der Waals surface area contributed by atoms with Gasteiger partial charge in [0.15, 0.2) is 0 Å². The lowest BCUT2D eigenvalue weighted by atomic mass is 10.2. The predicted octanol–water partition coefficient (Wildman–Crippen LogP) is 3.86. The number of azo groups is 1. The van der Waals surface area contributed by atoms with Crippen LogP contribution in [0.15, 0.2) is 46.9 Å². The number of aromatic nitrogens is 2. The van der Waals surface area contributed by atoms with Crippen LogP contribution in [0.5, 0.6) is 0 Å². The van der Waals surface area contributed by atoms with E-state index in [1.54, 1.807) is 12.4 Å². The quantitative estimate of drug-likeness (QED) is 0.744. The number of benzene rings is 1. The largest absolute Gasteiger partial charge is 0.264 e. The number of halogens is 1. The summed E-state index contributed by atoms with van der Waals surface area (Å²) in [5.74, 6) is 0.376. The molecule has 0 spiro atoms. The van der Waals surface area contributed by atoms with Crippen LogP contribution in [0.3, 0.4) is 0 Å². The first-order chi connectivity index (χ1) is 7.79. The van der Waals surface area contributed by atoms with E-state index in [0.29, 0.717) is 5.95 Å². The Hall–Kier alpha value is -1.68. The van der Waals surface area contributed by atoms with Gasteiger partial charge in [0.1, 0.15) is 0 Å². The van der Waals surface area contributed by atoms with Crippen molar-refractivity contribution in [2.75, 3.05) is 0 Å². The lowest BCUT2D eigenvalue weighted by Gasteiger charge is -1.95. The minimum absolute atomic E-state index is 0.376. The third-order valence-electron chi connectivity index (χ3n) is 2.18. The highest BCUT2D eigenvalue weighted by atomic mass is 35.5. The molecule has 0 radical (unpaired) electrons. The van der Waals surface area contributed by atoms with Gasteiger partial charge in [-0.2, -0.15) is 0 Å². The molecule has 0 aliphatic heterocycles. The molecule has 0 unspecified atom stereocenters. The van der Waals surface area contributed by atoms with Crippen molar-refractivity contribution in [2.45, 2.75) is 13.3 Å². The van der Waals surface area contributed by atoms with E-state index in [2.05, 4.69) is 22.1 Å². The fourth-order valence-corrected chi connectivity index (χ4v) is 1.38. The zero-order chi connectivity index (χ0) is 11.4. The molecule has 0 aliphatic carbocycles. The maximum absolute atomic E-state index is 5.75. The third kappa shape index (κ3) is 2.46. The Balaban J connectivity index is 2.14. The Morgan fingerprint density at radius 2 is 2.00 bits per heavy atom. The minimum atomic E-state index is 0.376. The molecule has 16 heavy (non-hydrogen) atoms. The van der Waals surface area contributed by atoms with E-state index in [4.69, 9.17) is 11.8 Å². The second kappa shape index (κ2) is 4.90. The van der Waals surface area contributed by atoms with Crippen molar-refractivity contribution in [3.05, 3.63) is 42.2 Å². The molecule has 0 atom stereocenters. The summed E-state index contributed by atoms with van der Waals surface area (Å²) in [6.45, 7) is 2.11. The van der Waals surface area contributed by atoms with Crippen molar-refractivity contribution < 1.29 is 0 Å². The number of hydrogen-bond acceptors (Lipinski definition) is 3. The van der Waals surface area contributed by atoms with Crippen LogP contribution in [0.1, 0.15) is 12.5 Å². The van der Waals surface area contributed by atoms with Crippen molar-refractivity contribution in [3.63, 3.8) is 0 Å². The molecule has 2 rings (SSSR count). The molecule has 0 saturated heterocycles. The maximum atomic E-state index is 5.75. The van der Waals surface area contributed by atoms with Crippen LogP contribution in [-0.2, 0) is 6.42 Å². The average molecular weight is 235 g/mol. The summed E-state index contributed by atoms with van der Waals surface area (Å²) in [5, 5.41) is 7.98. The van der Waals surface area contributed by atoms with Crippen molar-refractivity contribution in [3.8, 4) is 0 Å². The lowest BCUT2D eigenvalue weighted by Crippen LogP contribution is -1.77. The van der Waals surface area contributed by atoms with Gasteiger partial charge in [0.25, 0.3) is 5.95 Å². The summed E-state index contributed by atoms with van der Waals surface area (Å²) in [5.41, 5.74) is 2.06. The Morgan fingerprint density at radius 3 is 2.56 bits per heavy atom. The fourth-order valence-electron chi connectivity index (χ4n) is 1.25. The molecule has 4 nitrogen and oxygen atoms in total. The number of imidazole rings is 1. The van der Waals surface area contributed by atoms with Crippen LogP contribution < -0.4 is 0 Å². The van der Waals surface area contributed by atoms with E-state index in [1.807, 2.05) is 24.3 Å². The second-order valence-electron chi connectivity index (χ2n) is 3.26. The molecule has 0 N–H and O–H groups in total. The van der Waals surface area contributed by atoms with Crippen LogP contribution >= 0.6 is 11.8 Å². The summed E-state index contributed by atoms with van der Waals surface area (Å²) in [6, 6.07) is 7.90. The summed E-state index contributed by atoms with van der Waals surface area (Å²) in [4.78, 5) is 3.94. The molecule has 0 fully saturated rings. The second-order valence-corrected chi connectivity index (χ2v) is 3.62. The van der Waals surface area contributed by atoms with E-state index in [-0.39, 0.29) is 0 Å². The van der Waals surface area contributed by atoms with Crippen LogP contribution in [0.2, 0.25) is 0 Å². The molecule has 1 heterocycles. The maximum Gasteiger partial charge on any atom is 0.264 e. The van der Waals surface area contributed by atoms with Crippen LogP contribution in [0.25, 0.3) is 0 Å². The SMILES string of the molecule is CCc1ccc(N=Nc2nccn2Cl)cc1. The minimum Gasteiger partial charge on any atom is -0.225 e. The smallest absolute Gasteiger partial charge is 0.225 e. The van der Waals surface area contributed by atoms with Gasteiger partial charge in [0.05, 0.1) is 5.69 Å². The van der Waals surface area contributed by atoms with Crippen LogP contribution in [0, 0.1) is 0 Å². The van der Waals surface area contributed by atoms with Crippen molar-refractivity contribution in [2.24, 2.45) is 10.2 Å². The van der Waals surface area contributed by atoms with E-state index in [0.717, 1.165) is 12.1 Å².